The number of aromatic amines is 1. The zero-order chi connectivity index (χ0) is 6.85. The molecule has 0 radical (unpaired) electrons. The molecule has 0 aromatic carbocycles. The molecule has 2 nitrogen and oxygen atoms in total. The van der Waals surface area contributed by atoms with Crippen LogP contribution in [0, 0.1) is 0 Å². The van der Waals surface area contributed by atoms with E-state index in [4.69, 9.17) is 11.6 Å². The van der Waals surface area contributed by atoms with E-state index in [-0.39, 0.29) is 10.9 Å². The molecule has 1 N–H and O–H groups in total. The highest BCUT2D eigenvalue weighted by atomic mass is 35.5. The van der Waals surface area contributed by atoms with Gasteiger partial charge < -0.3 is 0 Å². The fourth-order valence-corrected chi connectivity index (χ4v) is 1.49. The van der Waals surface area contributed by atoms with Crippen molar-refractivity contribution in [1.29, 1.82) is 0 Å². The molecule has 0 amide bonds. The number of aromatic nitrogens is 1. The summed E-state index contributed by atoms with van der Waals surface area (Å²) < 4.78 is 2.55. The molecular formula is C5H6ClNOS. The van der Waals surface area contributed by atoms with Crippen molar-refractivity contribution >= 4 is 23.1 Å². The van der Waals surface area contributed by atoms with Crippen molar-refractivity contribution in [2.24, 2.45) is 0 Å². The molecular weight excluding hydrogens is 158 g/mol. The smallest absolute Gasteiger partial charge is 0.262 e. The maximum atomic E-state index is 10.7. The molecule has 0 bridgehead atoms. The van der Waals surface area contributed by atoms with Crippen molar-refractivity contribution in [3.05, 3.63) is 21.3 Å². The summed E-state index contributed by atoms with van der Waals surface area (Å²) in [5.41, 5.74) is 0.587. The van der Waals surface area contributed by atoms with Crippen LogP contribution in [0.3, 0.4) is 0 Å². The highest BCUT2D eigenvalue weighted by molar-refractivity contribution is 7.03. The van der Waals surface area contributed by atoms with Crippen LogP contribution in [-0.2, 0) is 0 Å². The first-order valence-corrected chi connectivity index (χ1v) is 3.83. The summed E-state index contributed by atoms with van der Waals surface area (Å²) in [6.07, 6.45) is 0. The Morgan fingerprint density at radius 3 is 2.78 bits per heavy atom. The number of hydrogen-bond donors (Lipinski definition) is 1. The van der Waals surface area contributed by atoms with Crippen LogP contribution in [-0.4, -0.2) is 4.37 Å². The van der Waals surface area contributed by atoms with Gasteiger partial charge in [-0.25, -0.2) is 0 Å². The minimum Gasteiger partial charge on any atom is -0.277 e. The minimum absolute atomic E-state index is 0.0671. The molecule has 1 aromatic heterocycles. The van der Waals surface area contributed by atoms with Gasteiger partial charge in [-0.2, -0.15) is 0 Å². The van der Waals surface area contributed by atoms with Gasteiger partial charge in [0.1, 0.15) is 0 Å². The Hall–Kier alpha value is -0.280. The lowest BCUT2D eigenvalue weighted by molar-refractivity contribution is 1.06. The summed E-state index contributed by atoms with van der Waals surface area (Å²) in [5, 5.41) is 1.56. The normalized spacial score (nSPS) is 13.6. The summed E-state index contributed by atoms with van der Waals surface area (Å²) >= 11 is 6.91. The van der Waals surface area contributed by atoms with E-state index in [9.17, 15) is 4.79 Å². The Balaban J connectivity index is 3.08. The lowest BCUT2D eigenvalue weighted by Gasteiger charge is -1.91. The van der Waals surface area contributed by atoms with Crippen molar-refractivity contribution in [3.63, 3.8) is 0 Å². The van der Waals surface area contributed by atoms with Gasteiger partial charge >= 0.3 is 0 Å². The van der Waals surface area contributed by atoms with Crippen LogP contribution >= 0.6 is 23.1 Å². The molecule has 0 aliphatic carbocycles. The van der Waals surface area contributed by atoms with Crippen LogP contribution < -0.4 is 5.56 Å². The summed E-state index contributed by atoms with van der Waals surface area (Å²) in [6.45, 7) is 1.78. The first-order chi connectivity index (χ1) is 4.22. The molecule has 0 aliphatic heterocycles. The Morgan fingerprint density at radius 1 is 1.89 bits per heavy atom. The van der Waals surface area contributed by atoms with E-state index in [0.29, 0.717) is 5.56 Å². The molecule has 1 heterocycles. The van der Waals surface area contributed by atoms with Crippen LogP contribution in [0.25, 0.3) is 0 Å². The molecule has 0 fully saturated rings. The van der Waals surface area contributed by atoms with E-state index in [1.807, 2.05) is 0 Å². The molecule has 1 atom stereocenters. The average molecular weight is 164 g/mol. The zero-order valence-corrected chi connectivity index (χ0v) is 6.42. The maximum Gasteiger partial charge on any atom is 0.262 e. The van der Waals surface area contributed by atoms with Gasteiger partial charge in [-0.3, -0.25) is 9.17 Å². The number of halogens is 1. The second kappa shape index (κ2) is 2.54. The third kappa shape index (κ3) is 1.34. The first-order valence-electron chi connectivity index (χ1n) is 2.52. The number of hydrogen-bond acceptors (Lipinski definition) is 2. The molecule has 1 aromatic rings. The second-order valence-corrected chi connectivity index (χ2v) is 3.07. The summed E-state index contributed by atoms with van der Waals surface area (Å²) in [4.78, 5) is 10.7. The lowest BCUT2D eigenvalue weighted by atomic mass is 10.3. The van der Waals surface area contributed by atoms with Crippen LogP contribution in [0.2, 0.25) is 0 Å². The van der Waals surface area contributed by atoms with E-state index in [1.54, 1.807) is 12.3 Å². The van der Waals surface area contributed by atoms with Gasteiger partial charge in [-0.05, 0) is 6.92 Å². The van der Waals surface area contributed by atoms with Crippen molar-refractivity contribution in [2.75, 3.05) is 0 Å². The molecule has 4 heteroatoms. The van der Waals surface area contributed by atoms with Crippen molar-refractivity contribution in [3.8, 4) is 0 Å². The van der Waals surface area contributed by atoms with Crippen LogP contribution in [0.5, 0.6) is 0 Å². The predicted molar refractivity (Wildman–Crippen MR) is 39.2 cm³/mol. The summed E-state index contributed by atoms with van der Waals surface area (Å²) in [5.74, 6) is 0. The van der Waals surface area contributed by atoms with Crippen molar-refractivity contribution in [2.45, 2.75) is 12.3 Å². The predicted octanol–water partition coefficient (Wildman–Crippen LogP) is 1.74. The molecule has 50 valence electrons. The van der Waals surface area contributed by atoms with Gasteiger partial charge in [-0.15, -0.1) is 11.6 Å². The lowest BCUT2D eigenvalue weighted by Crippen LogP contribution is -2.04. The molecule has 0 saturated heterocycles. The third-order valence-corrected chi connectivity index (χ3v) is 1.94. The Kier molecular flexibility index (Phi) is 1.93. The van der Waals surface area contributed by atoms with Gasteiger partial charge in [0.15, 0.2) is 0 Å². The fraction of sp³-hybridized carbons (Fsp3) is 0.400. The summed E-state index contributed by atoms with van der Waals surface area (Å²) in [7, 11) is 0. The largest absolute Gasteiger partial charge is 0.277 e. The molecule has 0 spiro atoms. The van der Waals surface area contributed by atoms with E-state index in [0.717, 1.165) is 0 Å². The van der Waals surface area contributed by atoms with E-state index >= 15 is 0 Å². The van der Waals surface area contributed by atoms with Gasteiger partial charge in [0.2, 0.25) is 0 Å². The van der Waals surface area contributed by atoms with Crippen molar-refractivity contribution < 1.29 is 0 Å². The number of nitrogens with one attached hydrogen (secondary N) is 1. The topological polar surface area (TPSA) is 32.9 Å². The van der Waals surface area contributed by atoms with E-state index in [1.165, 1.54) is 11.5 Å². The van der Waals surface area contributed by atoms with E-state index in [2.05, 4.69) is 4.37 Å². The third-order valence-electron chi connectivity index (χ3n) is 1.03. The number of alkyl halides is 1. The number of rotatable bonds is 1. The number of H-pyrrole nitrogens is 1. The molecule has 0 aliphatic rings. The zero-order valence-electron chi connectivity index (χ0n) is 4.85. The van der Waals surface area contributed by atoms with Gasteiger partial charge in [-0.1, -0.05) is 11.5 Å². The van der Waals surface area contributed by atoms with Gasteiger partial charge in [0, 0.05) is 10.9 Å². The minimum atomic E-state index is -0.181. The van der Waals surface area contributed by atoms with E-state index < -0.39 is 0 Å². The highest BCUT2D eigenvalue weighted by Gasteiger charge is 2.05. The Morgan fingerprint density at radius 2 is 2.56 bits per heavy atom. The van der Waals surface area contributed by atoms with Gasteiger partial charge in [0.25, 0.3) is 5.56 Å². The average Bonchev–Trinajstić information content (AvgIpc) is 2.13. The quantitative estimate of drug-likeness (QED) is 0.629. The van der Waals surface area contributed by atoms with Gasteiger partial charge in [0.05, 0.1) is 5.38 Å². The van der Waals surface area contributed by atoms with Crippen LogP contribution in [0.4, 0.5) is 0 Å². The fourth-order valence-electron chi connectivity index (χ4n) is 0.533. The van der Waals surface area contributed by atoms with Crippen LogP contribution in [0.1, 0.15) is 17.9 Å². The molecule has 1 rings (SSSR count). The van der Waals surface area contributed by atoms with Crippen LogP contribution in [0.15, 0.2) is 10.2 Å². The molecule has 0 saturated carbocycles. The summed E-state index contributed by atoms with van der Waals surface area (Å²) in [6, 6.07) is 0. The first kappa shape index (κ1) is 6.83. The Labute approximate surface area is 61.6 Å². The molecule has 9 heavy (non-hydrogen) atoms. The molecule has 1 unspecified atom stereocenters. The standard InChI is InChI=1S/C5H6ClNOS/c1-3(6)4-2-9-7-5(4)8/h2-3H,1H3,(H,7,8). The van der Waals surface area contributed by atoms with Crippen molar-refractivity contribution in [1.82, 2.24) is 4.37 Å². The second-order valence-electron chi connectivity index (χ2n) is 1.74. The monoisotopic (exact) mass is 163 g/mol. The highest BCUT2D eigenvalue weighted by Crippen LogP contribution is 2.15. The Bertz CT molecular complexity index is 239. The SMILES string of the molecule is CC(Cl)c1cs[nH]c1=O. The maximum absolute atomic E-state index is 10.7.